The first-order valence-electron chi connectivity index (χ1n) is 6.78. The molecule has 0 aliphatic heterocycles. The van der Waals surface area contributed by atoms with Crippen molar-refractivity contribution in [2.45, 2.75) is 52.5 Å². The lowest BCUT2D eigenvalue weighted by molar-refractivity contribution is -0.142. The Kier molecular flexibility index (Phi) is 8.76. The van der Waals surface area contributed by atoms with E-state index in [2.05, 4.69) is 11.4 Å². The second-order valence-electron chi connectivity index (χ2n) is 5.14. The SMILES string of the molecule is CC(C)=CCCC(C)=CC(=O)N[C@@H](CCC(=O)O)C(=O)O. The van der Waals surface area contributed by atoms with Gasteiger partial charge in [-0.2, -0.15) is 0 Å². The molecule has 0 radical (unpaired) electrons. The number of carboxylic acids is 2. The molecule has 0 aromatic carbocycles. The summed E-state index contributed by atoms with van der Waals surface area (Å²) in [7, 11) is 0. The second-order valence-corrected chi connectivity index (χ2v) is 5.14. The Bertz CT molecular complexity index is 447. The molecule has 0 saturated carbocycles. The lowest BCUT2D eigenvalue weighted by Gasteiger charge is -2.12. The molecule has 0 aliphatic carbocycles. The summed E-state index contributed by atoms with van der Waals surface area (Å²) in [5.41, 5.74) is 2.04. The smallest absolute Gasteiger partial charge is 0.326 e. The topological polar surface area (TPSA) is 104 Å². The second kappa shape index (κ2) is 9.74. The first kappa shape index (κ1) is 18.9. The van der Waals surface area contributed by atoms with Gasteiger partial charge in [-0.25, -0.2) is 4.79 Å². The molecule has 6 heteroatoms. The van der Waals surface area contributed by atoms with E-state index in [1.165, 1.54) is 11.6 Å². The maximum absolute atomic E-state index is 11.7. The lowest BCUT2D eigenvalue weighted by atomic mass is 10.1. The van der Waals surface area contributed by atoms with Crippen molar-refractivity contribution in [3.63, 3.8) is 0 Å². The van der Waals surface area contributed by atoms with E-state index in [9.17, 15) is 14.4 Å². The van der Waals surface area contributed by atoms with E-state index in [1.807, 2.05) is 13.8 Å². The van der Waals surface area contributed by atoms with Crippen LogP contribution in [0.5, 0.6) is 0 Å². The molecular weight excluding hydrogens is 274 g/mol. The highest BCUT2D eigenvalue weighted by Crippen LogP contribution is 2.07. The van der Waals surface area contributed by atoms with Crippen molar-refractivity contribution in [3.8, 4) is 0 Å². The number of carbonyl (C=O) groups excluding carboxylic acids is 1. The molecule has 1 atom stereocenters. The molecule has 0 aliphatic rings. The van der Waals surface area contributed by atoms with Crippen molar-refractivity contribution >= 4 is 17.8 Å². The third-order valence-electron chi connectivity index (χ3n) is 2.73. The van der Waals surface area contributed by atoms with Crippen LogP contribution < -0.4 is 5.32 Å². The van der Waals surface area contributed by atoms with Gasteiger partial charge in [0, 0.05) is 12.5 Å². The van der Waals surface area contributed by atoms with Gasteiger partial charge in [-0.05, 0) is 40.0 Å². The van der Waals surface area contributed by atoms with Crippen molar-refractivity contribution < 1.29 is 24.6 Å². The number of hydrogen-bond donors (Lipinski definition) is 3. The first-order chi connectivity index (χ1) is 9.72. The number of nitrogens with one attached hydrogen (secondary N) is 1. The van der Waals surface area contributed by atoms with Gasteiger partial charge < -0.3 is 15.5 Å². The average Bonchev–Trinajstić information content (AvgIpc) is 2.33. The number of allylic oxidation sites excluding steroid dienone is 3. The summed E-state index contributed by atoms with van der Waals surface area (Å²) >= 11 is 0. The predicted molar refractivity (Wildman–Crippen MR) is 78.9 cm³/mol. The van der Waals surface area contributed by atoms with E-state index in [-0.39, 0.29) is 12.8 Å². The van der Waals surface area contributed by atoms with E-state index in [1.54, 1.807) is 6.92 Å². The summed E-state index contributed by atoms with van der Waals surface area (Å²) < 4.78 is 0. The Morgan fingerprint density at radius 3 is 2.19 bits per heavy atom. The Balaban J connectivity index is 4.44. The van der Waals surface area contributed by atoms with Crippen molar-refractivity contribution in [3.05, 3.63) is 23.3 Å². The third-order valence-corrected chi connectivity index (χ3v) is 2.73. The maximum Gasteiger partial charge on any atom is 0.326 e. The van der Waals surface area contributed by atoms with Crippen LogP contribution in [-0.4, -0.2) is 34.1 Å². The summed E-state index contributed by atoms with van der Waals surface area (Å²) in [6, 6.07) is -1.18. The van der Waals surface area contributed by atoms with Crippen LogP contribution >= 0.6 is 0 Å². The summed E-state index contributed by atoms with van der Waals surface area (Å²) in [6.07, 6.45) is 4.50. The van der Waals surface area contributed by atoms with E-state index in [4.69, 9.17) is 10.2 Å². The number of amides is 1. The fraction of sp³-hybridized carbons (Fsp3) is 0.533. The Hall–Kier alpha value is -2.11. The highest BCUT2D eigenvalue weighted by molar-refractivity contribution is 5.91. The average molecular weight is 297 g/mol. The fourth-order valence-corrected chi connectivity index (χ4v) is 1.62. The minimum absolute atomic E-state index is 0.138. The zero-order chi connectivity index (χ0) is 16.4. The van der Waals surface area contributed by atoms with E-state index in [0.29, 0.717) is 6.42 Å². The Morgan fingerprint density at radius 2 is 1.71 bits per heavy atom. The number of carbonyl (C=O) groups is 3. The highest BCUT2D eigenvalue weighted by atomic mass is 16.4. The van der Waals surface area contributed by atoms with E-state index in [0.717, 1.165) is 12.0 Å². The zero-order valence-corrected chi connectivity index (χ0v) is 12.7. The van der Waals surface area contributed by atoms with Crippen LogP contribution in [0.3, 0.4) is 0 Å². The normalized spacial score (nSPS) is 12.4. The van der Waals surface area contributed by atoms with Crippen LogP contribution in [0.1, 0.15) is 46.5 Å². The van der Waals surface area contributed by atoms with Gasteiger partial charge in [0.15, 0.2) is 0 Å². The van der Waals surface area contributed by atoms with Crippen LogP contribution in [0.15, 0.2) is 23.3 Å². The highest BCUT2D eigenvalue weighted by Gasteiger charge is 2.19. The first-order valence-corrected chi connectivity index (χ1v) is 6.78. The van der Waals surface area contributed by atoms with Gasteiger partial charge in [0.25, 0.3) is 0 Å². The molecule has 21 heavy (non-hydrogen) atoms. The molecule has 0 unspecified atom stereocenters. The minimum Gasteiger partial charge on any atom is -0.481 e. The molecule has 0 spiro atoms. The molecule has 0 rings (SSSR count). The van der Waals surface area contributed by atoms with Gasteiger partial charge in [0.1, 0.15) is 6.04 Å². The summed E-state index contributed by atoms with van der Waals surface area (Å²) in [4.78, 5) is 33.1. The Labute approximate surface area is 124 Å². The quantitative estimate of drug-likeness (QED) is 0.446. The minimum atomic E-state index is -1.24. The van der Waals surface area contributed by atoms with Crippen molar-refractivity contribution in [2.75, 3.05) is 0 Å². The number of aliphatic carboxylic acids is 2. The van der Waals surface area contributed by atoms with Gasteiger partial charge >= 0.3 is 11.9 Å². The largest absolute Gasteiger partial charge is 0.481 e. The lowest BCUT2D eigenvalue weighted by Crippen LogP contribution is -2.40. The molecule has 6 nitrogen and oxygen atoms in total. The molecule has 0 heterocycles. The van der Waals surface area contributed by atoms with Gasteiger partial charge in [-0.3, -0.25) is 9.59 Å². The standard InChI is InChI=1S/C15H23NO5/c1-10(2)5-4-6-11(3)9-13(17)16-12(15(20)21)7-8-14(18)19/h5,9,12H,4,6-8H2,1-3H3,(H,16,17)(H,18,19)(H,20,21)/t12-/m0/s1. The number of hydrogen-bond acceptors (Lipinski definition) is 3. The summed E-state index contributed by atoms with van der Waals surface area (Å²) in [6.45, 7) is 5.78. The van der Waals surface area contributed by atoms with Crippen molar-refractivity contribution in [1.82, 2.24) is 5.32 Å². The van der Waals surface area contributed by atoms with Gasteiger partial charge in [0.2, 0.25) is 5.91 Å². The number of rotatable bonds is 9. The van der Waals surface area contributed by atoms with E-state index < -0.39 is 23.9 Å². The molecule has 0 fully saturated rings. The molecule has 0 aromatic rings. The third kappa shape index (κ3) is 10.4. The molecule has 0 bridgehead atoms. The van der Waals surface area contributed by atoms with Gasteiger partial charge in [-0.15, -0.1) is 0 Å². The van der Waals surface area contributed by atoms with E-state index >= 15 is 0 Å². The zero-order valence-electron chi connectivity index (χ0n) is 12.7. The molecular formula is C15H23NO5. The van der Waals surface area contributed by atoms with Crippen LogP contribution in [0.4, 0.5) is 0 Å². The molecule has 1 amide bonds. The molecule has 0 saturated heterocycles. The molecule has 0 aromatic heterocycles. The summed E-state index contributed by atoms with van der Waals surface area (Å²) in [5, 5.41) is 19.8. The van der Waals surface area contributed by atoms with Crippen molar-refractivity contribution in [1.29, 1.82) is 0 Å². The monoisotopic (exact) mass is 297 g/mol. The maximum atomic E-state index is 11.7. The van der Waals surface area contributed by atoms with Crippen LogP contribution in [-0.2, 0) is 14.4 Å². The van der Waals surface area contributed by atoms with Gasteiger partial charge in [0.05, 0.1) is 0 Å². The van der Waals surface area contributed by atoms with Crippen LogP contribution in [0.2, 0.25) is 0 Å². The van der Waals surface area contributed by atoms with Gasteiger partial charge in [-0.1, -0.05) is 17.2 Å². The van der Waals surface area contributed by atoms with Crippen LogP contribution in [0.25, 0.3) is 0 Å². The fourth-order valence-electron chi connectivity index (χ4n) is 1.62. The van der Waals surface area contributed by atoms with Crippen molar-refractivity contribution in [2.24, 2.45) is 0 Å². The molecule has 118 valence electrons. The molecule has 3 N–H and O–H groups in total. The Morgan fingerprint density at radius 1 is 1.10 bits per heavy atom. The number of carboxylic acid groups (broad SMARTS) is 2. The summed E-state index contributed by atoms with van der Waals surface area (Å²) in [5.74, 6) is -2.84. The van der Waals surface area contributed by atoms with Crippen LogP contribution in [0, 0.1) is 0 Å². The predicted octanol–water partition coefficient (Wildman–Crippen LogP) is 2.11.